The summed E-state index contributed by atoms with van der Waals surface area (Å²) in [7, 11) is 0. The number of carboxylic acid groups (broad SMARTS) is 1. The number of thioether (sulfide) groups is 1. The van der Waals surface area contributed by atoms with Gasteiger partial charge in [0.2, 0.25) is 5.12 Å². The molecule has 0 radical (unpaired) electrons. The van der Waals surface area contributed by atoms with E-state index >= 15 is 0 Å². The molecular weight excluding hydrogens is 200 g/mol. The molecule has 0 bridgehead atoms. The van der Waals surface area contributed by atoms with Crippen molar-refractivity contribution in [3.8, 4) is 0 Å². The van der Waals surface area contributed by atoms with Gasteiger partial charge in [0.05, 0.1) is 0 Å². The SMILES string of the molecule is C[C@@H](SC(=O)c1ccccc1)C(=O)O. The molecule has 0 aliphatic rings. The van der Waals surface area contributed by atoms with E-state index in [9.17, 15) is 9.59 Å². The van der Waals surface area contributed by atoms with Crippen LogP contribution in [0.1, 0.15) is 17.3 Å². The molecule has 4 heteroatoms. The molecule has 1 aromatic carbocycles. The first kappa shape index (κ1) is 10.8. The van der Waals surface area contributed by atoms with Crippen molar-refractivity contribution in [2.24, 2.45) is 0 Å². The van der Waals surface area contributed by atoms with Crippen LogP contribution in [0, 0.1) is 0 Å². The zero-order valence-electron chi connectivity index (χ0n) is 7.64. The van der Waals surface area contributed by atoms with Crippen LogP contribution in [0.25, 0.3) is 0 Å². The third-order valence-electron chi connectivity index (χ3n) is 1.64. The van der Waals surface area contributed by atoms with Crippen LogP contribution in [0.3, 0.4) is 0 Å². The van der Waals surface area contributed by atoms with Crippen molar-refractivity contribution in [3.63, 3.8) is 0 Å². The molecule has 1 N–H and O–H groups in total. The summed E-state index contributed by atoms with van der Waals surface area (Å²) in [6.07, 6.45) is 0. The van der Waals surface area contributed by atoms with Gasteiger partial charge >= 0.3 is 5.97 Å². The topological polar surface area (TPSA) is 54.4 Å². The van der Waals surface area contributed by atoms with Gasteiger partial charge in [-0.3, -0.25) is 9.59 Å². The van der Waals surface area contributed by atoms with Crippen LogP contribution in [0.4, 0.5) is 0 Å². The van der Waals surface area contributed by atoms with E-state index in [-0.39, 0.29) is 5.12 Å². The fourth-order valence-electron chi connectivity index (χ4n) is 0.853. The largest absolute Gasteiger partial charge is 0.480 e. The fourth-order valence-corrected chi connectivity index (χ4v) is 1.55. The van der Waals surface area contributed by atoms with Crippen LogP contribution >= 0.6 is 11.8 Å². The van der Waals surface area contributed by atoms with Crippen LogP contribution in [-0.2, 0) is 4.79 Å². The van der Waals surface area contributed by atoms with E-state index in [1.165, 1.54) is 6.92 Å². The molecule has 0 aromatic heterocycles. The van der Waals surface area contributed by atoms with Crippen LogP contribution in [-0.4, -0.2) is 21.4 Å². The fraction of sp³-hybridized carbons (Fsp3) is 0.200. The number of carbonyl (C=O) groups excluding carboxylic acids is 1. The quantitative estimate of drug-likeness (QED) is 0.829. The first-order valence-electron chi connectivity index (χ1n) is 4.10. The summed E-state index contributed by atoms with van der Waals surface area (Å²) in [5.74, 6) is -0.973. The lowest BCUT2D eigenvalue weighted by Gasteiger charge is -2.03. The minimum atomic E-state index is -0.973. The Hall–Kier alpha value is -1.29. The molecule has 0 aliphatic carbocycles. The number of benzene rings is 1. The third-order valence-corrected chi connectivity index (χ3v) is 2.65. The molecule has 0 saturated heterocycles. The summed E-state index contributed by atoms with van der Waals surface area (Å²) >= 11 is 0.822. The molecule has 1 atom stereocenters. The number of hydrogen-bond donors (Lipinski definition) is 1. The second kappa shape index (κ2) is 4.81. The Bertz CT molecular complexity index is 334. The van der Waals surface area contributed by atoms with Crippen LogP contribution in [0.5, 0.6) is 0 Å². The molecular formula is C10H10O3S. The first-order valence-corrected chi connectivity index (χ1v) is 4.98. The lowest BCUT2D eigenvalue weighted by Crippen LogP contribution is -2.14. The van der Waals surface area contributed by atoms with E-state index in [1.807, 2.05) is 6.07 Å². The van der Waals surface area contributed by atoms with Gasteiger partial charge in [-0.2, -0.15) is 0 Å². The highest BCUT2D eigenvalue weighted by Crippen LogP contribution is 2.17. The standard InChI is InChI=1S/C10H10O3S/c1-7(9(11)12)14-10(13)8-5-3-2-4-6-8/h2-7H,1H3,(H,11,12)/t7-/m1/s1. The van der Waals surface area contributed by atoms with Crippen molar-refractivity contribution in [2.75, 3.05) is 0 Å². The molecule has 0 unspecified atom stereocenters. The summed E-state index contributed by atoms with van der Waals surface area (Å²) in [5.41, 5.74) is 0.533. The first-order chi connectivity index (χ1) is 6.61. The molecule has 0 aliphatic heterocycles. The van der Waals surface area contributed by atoms with E-state index in [2.05, 4.69) is 0 Å². The number of carboxylic acids is 1. The summed E-state index contributed by atoms with van der Waals surface area (Å²) in [4.78, 5) is 22.0. The normalized spacial score (nSPS) is 12.1. The zero-order chi connectivity index (χ0) is 10.6. The van der Waals surface area contributed by atoms with Gasteiger partial charge in [0.1, 0.15) is 5.25 Å². The molecule has 3 nitrogen and oxygen atoms in total. The van der Waals surface area contributed by atoms with Crippen LogP contribution in [0.2, 0.25) is 0 Å². The maximum absolute atomic E-state index is 11.5. The van der Waals surface area contributed by atoms with Gasteiger partial charge in [-0.1, -0.05) is 42.1 Å². The Kier molecular flexibility index (Phi) is 3.71. The number of aliphatic carboxylic acids is 1. The predicted octanol–water partition coefficient (Wildman–Crippen LogP) is 2.03. The summed E-state index contributed by atoms with van der Waals surface area (Å²) < 4.78 is 0. The molecule has 14 heavy (non-hydrogen) atoms. The van der Waals surface area contributed by atoms with Crippen LogP contribution < -0.4 is 0 Å². The predicted molar refractivity (Wildman–Crippen MR) is 55.5 cm³/mol. The molecule has 0 saturated carbocycles. The van der Waals surface area contributed by atoms with Crippen molar-refractivity contribution < 1.29 is 14.7 Å². The van der Waals surface area contributed by atoms with E-state index < -0.39 is 11.2 Å². The highest BCUT2D eigenvalue weighted by molar-refractivity contribution is 8.15. The minimum absolute atomic E-state index is 0.208. The second-order valence-electron chi connectivity index (χ2n) is 2.75. The number of hydrogen-bond acceptors (Lipinski definition) is 3. The molecule has 0 fully saturated rings. The van der Waals surface area contributed by atoms with Gasteiger partial charge in [0, 0.05) is 5.56 Å². The molecule has 0 heterocycles. The van der Waals surface area contributed by atoms with Crippen molar-refractivity contribution in [1.82, 2.24) is 0 Å². The lowest BCUT2D eigenvalue weighted by molar-refractivity contribution is -0.136. The lowest BCUT2D eigenvalue weighted by atomic mass is 10.2. The Morgan fingerprint density at radius 2 is 1.86 bits per heavy atom. The van der Waals surface area contributed by atoms with Crippen molar-refractivity contribution in [2.45, 2.75) is 12.2 Å². The van der Waals surface area contributed by atoms with Gasteiger partial charge in [-0.05, 0) is 6.92 Å². The smallest absolute Gasteiger partial charge is 0.316 e. The maximum Gasteiger partial charge on any atom is 0.316 e. The van der Waals surface area contributed by atoms with Crippen LogP contribution in [0.15, 0.2) is 30.3 Å². The maximum atomic E-state index is 11.5. The molecule has 0 amide bonds. The van der Waals surface area contributed by atoms with Crippen molar-refractivity contribution in [1.29, 1.82) is 0 Å². The average Bonchev–Trinajstić information content (AvgIpc) is 2.19. The van der Waals surface area contributed by atoms with Gasteiger partial charge in [0.15, 0.2) is 0 Å². The van der Waals surface area contributed by atoms with E-state index in [0.29, 0.717) is 5.56 Å². The van der Waals surface area contributed by atoms with Gasteiger partial charge in [-0.25, -0.2) is 0 Å². The van der Waals surface area contributed by atoms with E-state index in [0.717, 1.165) is 11.8 Å². The van der Waals surface area contributed by atoms with Crippen molar-refractivity contribution >= 4 is 22.8 Å². The van der Waals surface area contributed by atoms with Gasteiger partial charge in [-0.15, -0.1) is 0 Å². The highest BCUT2D eigenvalue weighted by atomic mass is 32.2. The molecule has 1 aromatic rings. The Labute approximate surface area is 86.1 Å². The summed E-state index contributed by atoms with van der Waals surface area (Å²) in [6, 6.07) is 8.65. The van der Waals surface area contributed by atoms with Gasteiger partial charge < -0.3 is 5.11 Å². The Balaban J connectivity index is 2.64. The van der Waals surface area contributed by atoms with Gasteiger partial charge in [0.25, 0.3) is 0 Å². The Morgan fingerprint density at radius 3 is 2.36 bits per heavy atom. The molecule has 74 valence electrons. The highest BCUT2D eigenvalue weighted by Gasteiger charge is 2.17. The monoisotopic (exact) mass is 210 g/mol. The summed E-state index contributed by atoms with van der Waals surface area (Å²) in [5, 5.41) is 7.69. The Morgan fingerprint density at radius 1 is 1.29 bits per heavy atom. The minimum Gasteiger partial charge on any atom is -0.480 e. The third kappa shape index (κ3) is 2.88. The second-order valence-corrected chi connectivity index (χ2v) is 4.07. The summed E-state index contributed by atoms with van der Waals surface area (Å²) in [6.45, 7) is 1.49. The van der Waals surface area contributed by atoms with E-state index in [4.69, 9.17) is 5.11 Å². The number of rotatable bonds is 3. The molecule has 1 rings (SSSR count). The zero-order valence-corrected chi connectivity index (χ0v) is 8.45. The van der Waals surface area contributed by atoms with Crippen molar-refractivity contribution in [3.05, 3.63) is 35.9 Å². The average molecular weight is 210 g/mol. The number of carbonyl (C=O) groups is 2. The van der Waals surface area contributed by atoms with E-state index in [1.54, 1.807) is 24.3 Å². The molecule has 0 spiro atoms.